The van der Waals surface area contributed by atoms with Crippen molar-refractivity contribution in [1.29, 1.82) is 0 Å². The highest BCUT2D eigenvalue weighted by atomic mass is 16.5. The van der Waals surface area contributed by atoms with Crippen LogP contribution in [0.3, 0.4) is 0 Å². The first kappa shape index (κ1) is 13.6. The molecule has 0 aromatic carbocycles. The standard InChI is InChI=1S/C14H25N3O/c1-4-15-12(11-14(18-3)7-6-8-14)13-16-9-10-17(13)5-2/h9-10,12,15H,4-8,11H2,1-3H3. The third-order valence-corrected chi connectivity index (χ3v) is 4.12. The number of aromatic nitrogens is 2. The van der Waals surface area contributed by atoms with E-state index in [4.69, 9.17) is 4.74 Å². The van der Waals surface area contributed by atoms with E-state index in [1.165, 1.54) is 19.3 Å². The van der Waals surface area contributed by atoms with Crippen LogP contribution in [0.25, 0.3) is 0 Å². The molecule has 0 amide bonds. The van der Waals surface area contributed by atoms with Crippen LogP contribution >= 0.6 is 0 Å². The van der Waals surface area contributed by atoms with E-state index in [2.05, 4.69) is 34.9 Å². The summed E-state index contributed by atoms with van der Waals surface area (Å²) in [5.74, 6) is 1.14. The fourth-order valence-electron chi connectivity index (χ4n) is 2.83. The van der Waals surface area contributed by atoms with E-state index in [1.54, 1.807) is 0 Å². The molecule has 4 nitrogen and oxygen atoms in total. The van der Waals surface area contributed by atoms with Gasteiger partial charge < -0.3 is 14.6 Å². The van der Waals surface area contributed by atoms with Gasteiger partial charge in [0.1, 0.15) is 5.82 Å². The Morgan fingerprint density at radius 3 is 2.78 bits per heavy atom. The minimum Gasteiger partial charge on any atom is -0.378 e. The Hall–Kier alpha value is -0.870. The number of rotatable bonds is 7. The maximum atomic E-state index is 5.75. The molecular weight excluding hydrogens is 226 g/mol. The number of nitrogens with zero attached hydrogens (tertiary/aromatic N) is 2. The quantitative estimate of drug-likeness (QED) is 0.809. The molecule has 102 valence electrons. The predicted octanol–water partition coefficient (Wildman–Crippen LogP) is 2.51. The van der Waals surface area contributed by atoms with Crippen molar-refractivity contribution in [2.45, 2.75) is 57.7 Å². The second-order valence-corrected chi connectivity index (χ2v) is 5.13. The lowest BCUT2D eigenvalue weighted by atomic mass is 9.75. The zero-order chi connectivity index (χ0) is 13.0. The molecule has 1 aliphatic rings. The van der Waals surface area contributed by atoms with E-state index in [0.29, 0.717) is 6.04 Å². The second kappa shape index (κ2) is 5.85. The lowest BCUT2D eigenvalue weighted by Crippen LogP contribution is -2.43. The van der Waals surface area contributed by atoms with Gasteiger partial charge in [0.05, 0.1) is 11.6 Å². The molecule has 4 heteroatoms. The predicted molar refractivity (Wildman–Crippen MR) is 72.5 cm³/mol. The van der Waals surface area contributed by atoms with Gasteiger partial charge in [-0.1, -0.05) is 6.92 Å². The van der Waals surface area contributed by atoms with Crippen molar-refractivity contribution in [3.05, 3.63) is 18.2 Å². The molecule has 2 rings (SSSR count). The smallest absolute Gasteiger partial charge is 0.125 e. The van der Waals surface area contributed by atoms with Gasteiger partial charge in [-0.15, -0.1) is 0 Å². The highest BCUT2D eigenvalue weighted by molar-refractivity contribution is 5.04. The van der Waals surface area contributed by atoms with Gasteiger partial charge in [0, 0.05) is 26.0 Å². The minimum atomic E-state index is 0.0807. The maximum absolute atomic E-state index is 5.75. The molecular formula is C14H25N3O. The van der Waals surface area contributed by atoms with Crippen LogP contribution in [-0.4, -0.2) is 28.8 Å². The van der Waals surface area contributed by atoms with Crippen molar-refractivity contribution in [1.82, 2.24) is 14.9 Å². The number of aryl methyl sites for hydroxylation is 1. The van der Waals surface area contributed by atoms with Crippen LogP contribution in [0.2, 0.25) is 0 Å². The zero-order valence-electron chi connectivity index (χ0n) is 11.8. The summed E-state index contributed by atoms with van der Waals surface area (Å²) in [5, 5.41) is 3.55. The van der Waals surface area contributed by atoms with Gasteiger partial charge in [-0.2, -0.15) is 0 Å². The van der Waals surface area contributed by atoms with E-state index in [-0.39, 0.29) is 5.60 Å². The van der Waals surface area contributed by atoms with Gasteiger partial charge in [-0.05, 0) is 39.2 Å². The number of hydrogen-bond donors (Lipinski definition) is 1. The molecule has 1 aromatic rings. The zero-order valence-corrected chi connectivity index (χ0v) is 11.8. The van der Waals surface area contributed by atoms with Crippen LogP contribution in [0.15, 0.2) is 12.4 Å². The van der Waals surface area contributed by atoms with Gasteiger partial charge in [0.25, 0.3) is 0 Å². The molecule has 1 N–H and O–H groups in total. The summed E-state index contributed by atoms with van der Waals surface area (Å²) in [7, 11) is 1.84. The van der Waals surface area contributed by atoms with E-state index in [1.807, 2.05) is 13.3 Å². The van der Waals surface area contributed by atoms with Gasteiger partial charge in [0.2, 0.25) is 0 Å². The number of imidazole rings is 1. The van der Waals surface area contributed by atoms with Gasteiger partial charge in [-0.25, -0.2) is 4.98 Å². The maximum Gasteiger partial charge on any atom is 0.125 e. The molecule has 1 unspecified atom stereocenters. The van der Waals surface area contributed by atoms with Crippen LogP contribution in [0.4, 0.5) is 0 Å². The fraction of sp³-hybridized carbons (Fsp3) is 0.786. The normalized spacial score (nSPS) is 19.5. The molecule has 0 bridgehead atoms. The Kier molecular flexibility index (Phi) is 4.40. The van der Waals surface area contributed by atoms with Crippen molar-refractivity contribution in [2.24, 2.45) is 0 Å². The number of ether oxygens (including phenoxy) is 1. The Bertz CT molecular complexity index is 365. The van der Waals surface area contributed by atoms with Gasteiger partial charge in [-0.3, -0.25) is 0 Å². The molecule has 1 atom stereocenters. The largest absolute Gasteiger partial charge is 0.378 e. The van der Waals surface area contributed by atoms with Gasteiger partial charge >= 0.3 is 0 Å². The first-order valence-corrected chi connectivity index (χ1v) is 7.04. The molecule has 18 heavy (non-hydrogen) atoms. The highest BCUT2D eigenvalue weighted by Crippen LogP contribution is 2.41. The van der Waals surface area contributed by atoms with Crippen LogP contribution in [0, 0.1) is 0 Å². The molecule has 1 aromatic heterocycles. The fourth-order valence-corrected chi connectivity index (χ4v) is 2.83. The van der Waals surface area contributed by atoms with Crippen molar-refractivity contribution < 1.29 is 4.74 Å². The van der Waals surface area contributed by atoms with E-state index in [9.17, 15) is 0 Å². The third kappa shape index (κ3) is 2.59. The third-order valence-electron chi connectivity index (χ3n) is 4.12. The lowest BCUT2D eigenvalue weighted by molar-refractivity contribution is -0.0843. The van der Waals surface area contributed by atoms with Crippen LogP contribution in [-0.2, 0) is 11.3 Å². The highest BCUT2D eigenvalue weighted by Gasteiger charge is 2.40. The summed E-state index contributed by atoms with van der Waals surface area (Å²) >= 11 is 0. The molecule has 0 saturated heterocycles. The molecule has 0 aliphatic heterocycles. The number of hydrogen-bond acceptors (Lipinski definition) is 3. The summed E-state index contributed by atoms with van der Waals surface area (Å²) in [4.78, 5) is 4.53. The topological polar surface area (TPSA) is 39.1 Å². The summed E-state index contributed by atoms with van der Waals surface area (Å²) in [6.07, 6.45) is 8.61. The second-order valence-electron chi connectivity index (χ2n) is 5.13. The lowest BCUT2D eigenvalue weighted by Gasteiger charge is -2.42. The molecule has 1 heterocycles. The average Bonchev–Trinajstić information content (AvgIpc) is 2.80. The van der Waals surface area contributed by atoms with E-state index < -0.39 is 0 Å². The molecule has 0 spiro atoms. The minimum absolute atomic E-state index is 0.0807. The molecule has 0 radical (unpaired) electrons. The van der Waals surface area contributed by atoms with Crippen LogP contribution < -0.4 is 5.32 Å². The Balaban J connectivity index is 2.12. The molecule has 1 aliphatic carbocycles. The van der Waals surface area contributed by atoms with Crippen molar-refractivity contribution in [3.63, 3.8) is 0 Å². The Morgan fingerprint density at radius 2 is 2.28 bits per heavy atom. The van der Waals surface area contributed by atoms with Crippen LogP contribution in [0.1, 0.15) is 51.4 Å². The SMILES string of the molecule is CCNC(CC1(OC)CCC1)c1nccn1CC. The summed E-state index contributed by atoms with van der Waals surface area (Å²) < 4.78 is 7.96. The monoisotopic (exact) mass is 251 g/mol. The molecule has 1 saturated carbocycles. The van der Waals surface area contributed by atoms with Crippen molar-refractivity contribution in [3.8, 4) is 0 Å². The first-order valence-electron chi connectivity index (χ1n) is 7.04. The summed E-state index contributed by atoms with van der Waals surface area (Å²) in [6, 6.07) is 0.296. The first-order chi connectivity index (χ1) is 8.74. The molecule has 1 fully saturated rings. The number of nitrogens with one attached hydrogen (secondary N) is 1. The van der Waals surface area contributed by atoms with Crippen LogP contribution in [0.5, 0.6) is 0 Å². The Labute approximate surface area is 110 Å². The van der Waals surface area contributed by atoms with Gasteiger partial charge in [0.15, 0.2) is 0 Å². The average molecular weight is 251 g/mol. The summed E-state index contributed by atoms with van der Waals surface area (Å²) in [6.45, 7) is 6.23. The van der Waals surface area contributed by atoms with E-state index in [0.717, 1.165) is 25.3 Å². The Morgan fingerprint density at radius 1 is 1.50 bits per heavy atom. The summed E-state index contributed by atoms with van der Waals surface area (Å²) in [5.41, 5.74) is 0.0807. The van der Waals surface area contributed by atoms with Crippen molar-refractivity contribution >= 4 is 0 Å². The number of methoxy groups -OCH3 is 1. The van der Waals surface area contributed by atoms with Crippen molar-refractivity contribution in [2.75, 3.05) is 13.7 Å². The van der Waals surface area contributed by atoms with E-state index >= 15 is 0 Å².